The zero-order chi connectivity index (χ0) is 19.8. The van der Waals surface area contributed by atoms with Gasteiger partial charge in [0.25, 0.3) is 6.47 Å². The van der Waals surface area contributed by atoms with E-state index in [9.17, 15) is 9.18 Å². The highest BCUT2D eigenvalue weighted by molar-refractivity contribution is 5.76. The molecule has 1 saturated heterocycles. The largest absolute Gasteiger partial charge is 0.483 e. The molecule has 2 aromatic rings. The number of hydrogen-bond donors (Lipinski definition) is 1. The summed E-state index contributed by atoms with van der Waals surface area (Å²) in [7, 11) is 3.97. The lowest BCUT2D eigenvalue weighted by Gasteiger charge is -2.32. The molecule has 1 fully saturated rings. The van der Waals surface area contributed by atoms with E-state index in [0.29, 0.717) is 12.3 Å². The molecule has 0 saturated carbocycles. The average molecular weight is 376 g/mol. The number of carboxylic acid groups (broad SMARTS) is 1. The fourth-order valence-corrected chi connectivity index (χ4v) is 3.24. The minimum atomic E-state index is -0.250. The highest BCUT2D eigenvalue weighted by atomic mass is 19.1. The molecule has 27 heavy (non-hydrogen) atoms. The molecule has 7 nitrogen and oxygen atoms in total. The molecule has 1 aliphatic rings. The molecule has 3 rings (SSSR count). The second-order valence-corrected chi connectivity index (χ2v) is 6.75. The molecule has 0 spiro atoms. The molecule has 1 aromatic heterocycles. The number of nitrogens with zero attached hydrogens (tertiary/aromatic N) is 4. The maximum absolute atomic E-state index is 13.0. The van der Waals surface area contributed by atoms with Crippen LogP contribution < -0.4 is 0 Å². The molecule has 1 unspecified atom stereocenters. The number of rotatable bonds is 5. The van der Waals surface area contributed by atoms with Gasteiger partial charge in [0.05, 0.1) is 11.9 Å². The first kappa shape index (κ1) is 20.6. The molecule has 1 amide bonds. The number of likely N-dealkylation sites (tertiary alicyclic amines) is 1. The van der Waals surface area contributed by atoms with Crippen molar-refractivity contribution in [3.63, 3.8) is 0 Å². The molecule has 1 atom stereocenters. The number of carbonyl (C=O) groups is 2. The summed E-state index contributed by atoms with van der Waals surface area (Å²) < 4.78 is 14.8. The van der Waals surface area contributed by atoms with E-state index in [0.717, 1.165) is 37.3 Å². The van der Waals surface area contributed by atoms with Crippen LogP contribution in [0.1, 0.15) is 18.4 Å². The van der Waals surface area contributed by atoms with Crippen LogP contribution in [0.4, 0.5) is 4.39 Å². The van der Waals surface area contributed by atoms with Gasteiger partial charge in [-0.15, -0.1) is 0 Å². The van der Waals surface area contributed by atoms with E-state index in [4.69, 9.17) is 9.90 Å². The van der Waals surface area contributed by atoms with Gasteiger partial charge in [-0.25, -0.2) is 9.07 Å². The smallest absolute Gasteiger partial charge is 0.290 e. The first-order valence-corrected chi connectivity index (χ1v) is 8.72. The summed E-state index contributed by atoms with van der Waals surface area (Å²) in [5, 5.41) is 11.2. The van der Waals surface area contributed by atoms with Gasteiger partial charge in [-0.3, -0.25) is 9.59 Å². The molecular formula is C19H25FN4O3. The lowest BCUT2D eigenvalue weighted by atomic mass is 9.97. The first-order valence-electron chi connectivity index (χ1n) is 8.72. The average Bonchev–Trinajstić information content (AvgIpc) is 3.08. The summed E-state index contributed by atoms with van der Waals surface area (Å²) in [6, 6.07) is 6.29. The Hall–Kier alpha value is -2.74. The van der Waals surface area contributed by atoms with Crippen LogP contribution in [0.5, 0.6) is 0 Å². The topological polar surface area (TPSA) is 78.7 Å². The van der Waals surface area contributed by atoms with Gasteiger partial charge in [-0.1, -0.05) is 0 Å². The van der Waals surface area contributed by atoms with E-state index in [2.05, 4.69) is 17.0 Å². The van der Waals surface area contributed by atoms with Crippen molar-refractivity contribution in [2.45, 2.75) is 19.4 Å². The Balaban J connectivity index is 0.000000817. The zero-order valence-electron chi connectivity index (χ0n) is 15.6. The van der Waals surface area contributed by atoms with E-state index < -0.39 is 0 Å². The predicted octanol–water partition coefficient (Wildman–Crippen LogP) is 2.01. The van der Waals surface area contributed by atoms with Gasteiger partial charge in [0.1, 0.15) is 5.82 Å². The molecule has 1 N–H and O–H groups in total. The van der Waals surface area contributed by atoms with Crippen LogP contribution in [0.2, 0.25) is 0 Å². The van der Waals surface area contributed by atoms with Crippen molar-refractivity contribution in [3.05, 3.63) is 48.0 Å². The third-order valence-electron chi connectivity index (χ3n) is 4.47. The standard InChI is InChI=1S/C18H23FN4O.CH2O2/c1-21(10-14-3-8-18(24)22(2)12-14)11-15-9-20-23(13-15)17-6-4-16(19)5-7-17;2-1-3/h4-7,9,13-14H,3,8,10-12H2,1-2H3;1H,(H,2,3). The SMILES string of the molecule is CN(Cc1cnn(-c2ccc(F)cc2)c1)CC1CCC(=O)N(C)C1.O=CO. The van der Waals surface area contributed by atoms with Crippen molar-refractivity contribution in [2.75, 3.05) is 27.2 Å². The summed E-state index contributed by atoms with van der Waals surface area (Å²) in [4.78, 5) is 24.0. The van der Waals surface area contributed by atoms with Gasteiger partial charge in [0.15, 0.2) is 0 Å². The highest BCUT2D eigenvalue weighted by Crippen LogP contribution is 2.18. The Bertz CT molecular complexity index is 748. The monoisotopic (exact) mass is 376 g/mol. The Labute approximate surface area is 158 Å². The normalized spacial score (nSPS) is 16.8. The van der Waals surface area contributed by atoms with Crippen molar-refractivity contribution >= 4 is 12.4 Å². The van der Waals surface area contributed by atoms with E-state index in [1.165, 1.54) is 12.1 Å². The number of halogens is 1. The fourth-order valence-electron chi connectivity index (χ4n) is 3.24. The third-order valence-corrected chi connectivity index (χ3v) is 4.47. The molecule has 8 heteroatoms. The minimum absolute atomic E-state index is 0.245. The maximum atomic E-state index is 13.0. The number of hydrogen-bond acceptors (Lipinski definition) is 4. The Kier molecular flexibility index (Phi) is 7.48. The van der Waals surface area contributed by atoms with Gasteiger partial charge in [0.2, 0.25) is 5.91 Å². The van der Waals surface area contributed by atoms with E-state index >= 15 is 0 Å². The molecule has 0 bridgehead atoms. The first-order chi connectivity index (χ1) is 12.9. The van der Waals surface area contributed by atoms with Crippen molar-refractivity contribution in [3.8, 4) is 5.69 Å². The summed E-state index contributed by atoms with van der Waals surface area (Å²) in [5.74, 6) is 0.515. The number of aromatic nitrogens is 2. The molecular weight excluding hydrogens is 351 g/mol. The van der Waals surface area contributed by atoms with Crippen LogP contribution in [0.25, 0.3) is 5.69 Å². The van der Waals surface area contributed by atoms with Crippen LogP contribution in [0.3, 0.4) is 0 Å². The van der Waals surface area contributed by atoms with Crippen LogP contribution in [0, 0.1) is 11.7 Å². The van der Waals surface area contributed by atoms with Gasteiger partial charge in [0, 0.05) is 44.9 Å². The lowest BCUT2D eigenvalue weighted by molar-refractivity contribution is -0.133. The van der Waals surface area contributed by atoms with Gasteiger partial charge >= 0.3 is 0 Å². The summed E-state index contributed by atoms with van der Waals surface area (Å²) in [6.07, 6.45) is 5.43. The van der Waals surface area contributed by atoms with Crippen LogP contribution in [-0.2, 0) is 16.1 Å². The number of amides is 1. The van der Waals surface area contributed by atoms with Crippen molar-refractivity contribution in [1.82, 2.24) is 19.6 Å². The molecule has 0 aliphatic carbocycles. The molecule has 2 heterocycles. The quantitative estimate of drug-likeness (QED) is 0.808. The van der Waals surface area contributed by atoms with E-state index in [-0.39, 0.29) is 18.2 Å². The van der Waals surface area contributed by atoms with Gasteiger partial charge in [-0.2, -0.15) is 5.10 Å². The van der Waals surface area contributed by atoms with Crippen molar-refractivity contribution < 1.29 is 19.1 Å². The number of carbonyl (C=O) groups excluding carboxylic acids is 1. The van der Waals surface area contributed by atoms with E-state index in [1.807, 2.05) is 24.3 Å². The summed E-state index contributed by atoms with van der Waals surface area (Å²) in [5.41, 5.74) is 1.96. The molecule has 0 radical (unpaired) electrons. The van der Waals surface area contributed by atoms with Gasteiger partial charge in [-0.05, 0) is 43.7 Å². The maximum Gasteiger partial charge on any atom is 0.290 e. The second kappa shape index (κ2) is 9.82. The van der Waals surface area contributed by atoms with Crippen LogP contribution >= 0.6 is 0 Å². The predicted molar refractivity (Wildman–Crippen MR) is 98.9 cm³/mol. The minimum Gasteiger partial charge on any atom is -0.483 e. The lowest BCUT2D eigenvalue weighted by Crippen LogP contribution is -2.41. The number of piperidine rings is 1. The van der Waals surface area contributed by atoms with Crippen molar-refractivity contribution in [2.24, 2.45) is 5.92 Å². The molecule has 1 aliphatic heterocycles. The second-order valence-electron chi connectivity index (χ2n) is 6.75. The zero-order valence-corrected chi connectivity index (χ0v) is 15.6. The van der Waals surface area contributed by atoms with Crippen LogP contribution in [0.15, 0.2) is 36.7 Å². The molecule has 1 aromatic carbocycles. The Morgan fingerprint density at radius 3 is 2.67 bits per heavy atom. The fraction of sp³-hybridized carbons (Fsp3) is 0.421. The highest BCUT2D eigenvalue weighted by Gasteiger charge is 2.23. The Morgan fingerprint density at radius 1 is 1.37 bits per heavy atom. The van der Waals surface area contributed by atoms with E-state index in [1.54, 1.807) is 16.8 Å². The van der Waals surface area contributed by atoms with Crippen molar-refractivity contribution in [1.29, 1.82) is 0 Å². The summed E-state index contributed by atoms with van der Waals surface area (Å²) >= 11 is 0. The third kappa shape index (κ3) is 6.18. The van der Waals surface area contributed by atoms with Crippen LogP contribution in [-0.4, -0.2) is 64.3 Å². The summed E-state index contributed by atoms with van der Waals surface area (Å²) in [6.45, 7) is 2.34. The Morgan fingerprint density at radius 2 is 2.04 bits per heavy atom. The van der Waals surface area contributed by atoms with Gasteiger partial charge < -0.3 is 14.9 Å². The number of benzene rings is 1. The molecule has 146 valence electrons.